The van der Waals surface area contributed by atoms with Gasteiger partial charge < -0.3 is 11.1 Å². The lowest BCUT2D eigenvalue weighted by Gasteiger charge is -2.31. The lowest BCUT2D eigenvalue weighted by Crippen LogP contribution is -2.48. The van der Waals surface area contributed by atoms with Gasteiger partial charge in [-0.05, 0) is 26.3 Å². The number of nitrogens with zero attached hydrogens (tertiary/aromatic N) is 1. The van der Waals surface area contributed by atoms with E-state index in [1.54, 1.807) is 0 Å². The van der Waals surface area contributed by atoms with Crippen LogP contribution in [0.3, 0.4) is 0 Å². The second-order valence-electron chi connectivity index (χ2n) is 4.01. The van der Waals surface area contributed by atoms with Crippen LogP contribution in [-0.2, 0) is 4.79 Å². The summed E-state index contributed by atoms with van der Waals surface area (Å²) in [6.45, 7) is 7.93. The molecule has 1 saturated heterocycles. The molecule has 4 nitrogen and oxygen atoms in total. The number of carbonyl (C=O) groups is 1. The van der Waals surface area contributed by atoms with Gasteiger partial charge in [0.05, 0.1) is 6.04 Å². The fraction of sp³-hybridized carbons (Fsp3) is 0.727. The highest BCUT2D eigenvalue weighted by Crippen LogP contribution is 2.14. The second-order valence-corrected chi connectivity index (χ2v) is 4.01. The van der Waals surface area contributed by atoms with E-state index >= 15 is 0 Å². The van der Waals surface area contributed by atoms with E-state index in [-0.39, 0.29) is 11.9 Å². The van der Waals surface area contributed by atoms with Crippen molar-refractivity contribution in [2.75, 3.05) is 19.6 Å². The summed E-state index contributed by atoms with van der Waals surface area (Å²) in [7, 11) is 0. The number of amides is 1. The summed E-state index contributed by atoms with van der Waals surface area (Å²) < 4.78 is 0. The monoisotopic (exact) mass is 211 g/mol. The Balaban J connectivity index is 2.78. The molecule has 2 unspecified atom stereocenters. The molecule has 86 valence electrons. The van der Waals surface area contributed by atoms with E-state index in [0.717, 1.165) is 19.5 Å². The molecule has 4 heteroatoms. The topological polar surface area (TPSA) is 58.4 Å². The van der Waals surface area contributed by atoms with Crippen molar-refractivity contribution in [3.8, 4) is 0 Å². The third-order valence-corrected chi connectivity index (χ3v) is 2.91. The second kappa shape index (κ2) is 5.88. The Hall–Kier alpha value is -0.870. The van der Waals surface area contributed by atoms with Crippen molar-refractivity contribution >= 4 is 5.91 Å². The van der Waals surface area contributed by atoms with Gasteiger partial charge in [-0.25, -0.2) is 0 Å². The molecule has 0 saturated carbocycles. The number of nitrogens with two attached hydrogens (primary N) is 1. The summed E-state index contributed by atoms with van der Waals surface area (Å²) in [6.07, 6.45) is 3.54. The van der Waals surface area contributed by atoms with Crippen LogP contribution < -0.4 is 11.1 Å². The molecule has 0 aromatic rings. The molecule has 1 aliphatic heterocycles. The maximum Gasteiger partial charge on any atom is 0.237 e. The summed E-state index contributed by atoms with van der Waals surface area (Å²) in [6, 6.07) is 0.309. The summed E-state index contributed by atoms with van der Waals surface area (Å²) in [5.41, 5.74) is 5.54. The Labute approximate surface area is 91.5 Å². The lowest BCUT2D eigenvalue weighted by atomic mass is 10.1. The van der Waals surface area contributed by atoms with Gasteiger partial charge in [-0.1, -0.05) is 6.08 Å². The quantitative estimate of drug-likeness (QED) is 0.648. The van der Waals surface area contributed by atoms with E-state index in [9.17, 15) is 4.79 Å². The first-order valence-electron chi connectivity index (χ1n) is 5.55. The van der Waals surface area contributed by atoms with Gasteiger partial charge >= 0.3 is 0 Å². The smallest absolute Gasteiger partial charge is 0.237 e. The predicted molar refractivity (Wildman–Crippen MR) is 61.5 cm³/mol. The van der Waals surface area contributed by atoms with Gasteiger partial charge in [-0.2, -0.15) is 0 Å². The summed E-state index contributed by atoms with van der Waals surface area (Å²) in [5.74, 6) is 0.103. The standard InChI is InChI=1S/C11H21N3O/c1-3-8-14-9(2)5-7-13-11(15)10(14)4-6-12/h3,9-10H,1,4-8,12H2,2H3,(H,13,15). The van der Waals surface area contributed by atoms with Crippen molar-refractivity contribution in [2.45, 2.75) is 31.8 Å². The Morgan fingerprint density at radius 2 is 2.47 bits per heavy atom. The largest absolute Gasteiger partial charge is 0.355 e. The van der Waals surface area contributed by atoms with Gasteiger partial charge in [-0.3, -0.25) is 9.69 Å². The van der Waals surface area contributed by atoms with Gasteiger partial charge in [0.25, 0.3) is 0 Å². The maximum atomic E-state index is 11.8. The molecular formula is C11H21N3O. The van der Waals surface area contributed by atoms with E-state index in [4.69, 9.17) is 5.73 Å². The van der Waals surface area contributed by atoms with Gasteiger partial charge in [-0.15, -0.1) is 6.58 Å². The molecule has 1 aliphatic rings. The zero-order valence-corrected chi connectivity index (χ0v) is 9.41. The molecule has 0 aliphatic carbocycles. The van der Waals surface area contributed by atoms with Crippen LogP contribution in [0.15, 0.2) is 12.7 Å². The molecular weight excluding hydrogens is 190 g/mol. The van der Waals surface area contributed by atoms with E-state index in [1.165, 1.54) is 0 Å². The molecule has 0 bridgehead atoms. The minimum absolute atomic E-state index is 0.0921. The highest BCUT2D eigenvalue weighted by atomic mass is 16.2. The van der Waals surface area contributed by atoms with Crippen molar-refractivity contribution in [3.63, 3.8) is 0 Å². The Morgan fingerprint density at radius 3 is 3.07 bits per heavy atom. The Morgan fingerprint density at radius 1 is 1.73 bits per heavy atom. The third-order valence-electron chi connectivity index (χ3n) is 2.91. The fourth-order valence-electron chi connectivity index (χ4n) is 2.06. The highest BCUT2D eigenvalue weighted by Gasteiger charge is 2.30. The Bertz CT molecular complexity index is 230. The highest BCUT2D eigenvalue weighted by molar-refractivity contribution is 5.82. The summed E-state index contributed by atoms with van der Waals surface area (Å²) in [4.78, 5) is 14.0. The van der Waals surface area contributed by atoms with Crippen LogP contribution in [0, 0.1) is 0 Å². The molecule has 15 heavy (non-hydrogen) atoms. The minimum Gasteiger partial charge on any atom is -0.355 e. The molecule has 2 atom stereocenters. The average Bonchev–Trinajstić information content (AvgIpc) is 2.33. The summed E-state index contributed by atoms with van der Waals surface area (Å²) in [5, 5.41) is 2.93. The van der Waals surface area contributed by atoms with E-state index in [1.807, 2.05) is 6.08 Å². The van der Waals surface area contributed by atoms with Crippen molar-refractivity contribution in [2.24, 2.45) is 5.73 Å². The van der Waals surface area contributed by atoms with E-state index in [2.05, 4.69) is 23.7 Å². The Kier molecular flexibility index (Phi) is 4.78. The first-order chi connectivity index (χ1) is 7.20. The van der Waals surface area contributed by atoms with E-state index < -0.39 is 0 Å². The molecule has 0 radical (unpaired) electrons. The zero-order valence-electron chi connectivity index (χ0n) is 9.41. The predicted octanol–water partition coefficient (Wildman–Crippen LogP) is 0.100. The number of carbonyl (C=O) groups excluding carboxylic acids is 1. The van der Waals surface area contributed by atoms with Crippen molar-refractivity contribution in [3.05, 3.63) is 12.7 Å². The number of nitrogens with one attached hydrogen (secondary N) is 1. The molecule has 3 N–H and O–H groups in total. The molecule has 1 heterocycles. The minimum atomic E-state index is -0.0921. The van der Waals surface area contributed by atoms with Crippen LogP contribution in [0.2, 0.25) is 0 Å². The number of hydrogen-bond donors (Lipinski definition) is 2. The van der Waals surface area contributed by atoms with Crippen LogP contribution in [0.5, 0.6) is 0 Å². The van der Waals surface area contributed by atoms with Crippen LogP contribution in [-0.4, -0.2) is 42.5 Å². The van der Waals surface area contributed by atoms with Gasteiger partial charge in [0, 0.05) is 19.1 Å². The average molecular weight is 211 g/mol. The summed E-state index contributed by atoms with van der Waals surface area (Å²) >= 11 is 0. The van der Waals surface area contributed by atoms with Crippen LogP contribution in [0.1, 0.15) is 19.8 Å². The van der Waals surface area contributed by atoms with Crippen LogP contribution in [0.25, 0.3) is 0 Å². The van der Waals surface area contributed by atoms with Crippen molar-refractivity contribution < 1.29 is 4.79 Å². The fourth-order valence-corrected chi connectivity index (χ4v) is 2.06. The van der Waals surface area contributed by atoms with Crippen LogP contribution in [0.4, 0.5) is 0 Å². The van der Waals surface area contributed by atoms with Gasteiger partial charge in [0.1, 0.15) is 0 Å². The number of rotatable bonds is 4. The first-order valence-corrected chi connectivity index (χ1v) is 5.55. The molecule has 0 aromatic carbocycles. The number of hydrogen-bond acceptors (Lipinski definition) is 3. The van der Waals surface area contributed by atoms with Crippen molar-refractivity contribution in [1.29, 1.82) is 0 Å². The molecule has 1 rings (SSSR count). The van der Waals surface area contributed by atoms with E-state index in [0.29, 0.717) is 19.0 Å². The lowest BCUT2D eigenvalue weighted by molar-refractivity contribution is -0.126. The van der Waals surface area contributed by atoms with Crippen molar-refractivity contribution in [1.82, 2.24) is 10.2 Å². The first kappa shape index (κ1) is 12.2. The SMILES string of the molecule is C=CCN1C(C)CCNC(=O)C1CCN. The molecule has 0 aromatic heterocycles. The maximum absolute atomic E-state index is 11.8. The normalized spacial score (nSPS) is 28.3. The molecule has 0 spiro atoms. The van der Waals surface area contributed by atoms with Crippen LogP contribution >= 0.6 is 0 Å². The van der Waals surface area contributed by atoms with Gasteiger partial charge in [0.15, 0.2) is 0 Å². The van der Waals surface area contributed by atoms with Gasteiger partial charge in [0.2, 0.25) is 5.91 Å². The molecule has 1 fully saturated rings. The molecule has 1 amide bonds. The zero-order chi connectivity index (χ0) is 11.3. The third kappa shape index (κ3) is 3.04.